The van der Waals surface area contributed by atoms with Gasteiger partial charge in [-0.1, -0.05) is 33.3 Å². The summed E-state index contributed by atoms with van der Waals surface area (Å²) in [5.41, 5.74) is 4.95. The number of nitrogens with zero attached hydrogens (tertiary/aromatic N) is 3. The van der Waals surface area contributed by atoms with Crippen molar-refractivity contribution in [3.63, 3.8) is 0 Å². The summed E-state index contributed by atoms with van der Waals surface area (Å²) in [5.74, 6) is -0.475. The third-order valence-corrected chi connectivity index (χ3v) is 5.05. The molecule has 168 valence electrons. The summed E-state index contributed by atoms with van der Waals surface area (Å²) in [5, 5.41) is 11.3. The van der Waals surface area contributed by atoms with Crippen LogP contribution < -0.4 is 21.9 Å². The number of nitrogens with two attached hydrogens (primary N) is 1. The maximum atomic E-state index is 13.4. The van der Waals surface area contributed by atoms with Crippen molar-refractivity contribution in [2.24, 2.45) is 5.92 Å². The fraction of sp³-hybridized carbons (Fsp3) is 0.476. The first-order valence-electron chi connectivity index (χ1n) is 10.3. The number of unbranched alkanes of at least 4 members (excludes halogenated alkanes) is 1. The summed E-state index contributed by atoms with van der Waals surface area (Å²) < 4.78 is 1.24. The molecule has 0 aliphatic heterocycles. The second-order valence-electron chi connectivity index (χ2n) is 7.90. The number of carbonyl (C=O) groups is 1. The molecule has 1 amide bonds. The molecule has 10 heteroatoms. The number of anilines is 2. The molecular weight excluding hydrogens is 402 g/mol. The molecule has 31 heavy (non-hydrogen) atoms. The molecular formula is C21H29N5O5. The summed E-state index contributed by atoms with van der Waals surface area (Å²) in [6.45, 7) is 7.93. The molecule has 0 spiro atoms. The Hall–Kier alpha value is -3.43. The number of nitro groups is 1. The molecule has 3 N–H and O–H groups in total. The van der Waals surface area contributed by atoms with Crippen LogP contribution in [0, 0.1) is 23.0 Å². The highest BCUT2D eigenvalue weighted by Gasteiger charge is 2.26. The van der Waals surface area contributed by atoms with Gasteiger partial charge in [-0.05, 0) is 31.7 Å². The number of aromatic nitrogens is 2. The van der Waals surface area contributed by atoms with Crippen LogP contribution in [0.25, 0.3) is 0 Å². The maximum Gasteiger partial charge on any atom is 0.330 e. The molecule has 0 fully saturated rings. The number of aryl methyl sites for hydroxylation is 1. The van der Waals surface area contributed by atoms with Crippen LogP contribution in [0.1, 0.15) is 56.0 Å². The van der Waals surface area contributed by atoms with Gasteiger partial charge in [-0.2, -0.15) is 0 Å². The quantitative estimate of drug-likeness (QED) is 0.461. The molecule has 2 aromatic rings. The van der Waals surface area contributed by atoms with Crippen molar-refractivity contribution in [2.75, 3.05) is 17.2 Å². The Kier molecular flexibility index (Phi) is 7.73. The van der Waals surface area contributed by atoms with Gasteiger partial charge in [0.1, 0.15) is 5.82 Å². The predicted molar refractivity (Wildman–Crippen MR) is 120 cm³/mol. The van der Waals surface area contributed by atoms with Crippen LogP contribution in [0.15, 0.2) is 27.8 Å². The average Bonchev–Trinajstić information content (AvgIpc) is 2.69. The number of hydrogen-bond acceptors (Lipinski definition) is 6. The molecule has 0 bridgehead atoms. The van der Waals surface area contributed by atoms with Crippen molar-refractivity contribution >= 4 is 23.1 Å². The van der Waals surface area contributed by atoms with E-state index in [9.17, 15) is 24.5 Å². The lowest BCUT2D eigenvalue weighted by Crippen LogP contribution is -2.42. The van der Waals surface area contributed by atoms with Gasteiger partial charge in [-0.3, -0.25) is 29.3 Å². The number of hydrogen-bond donors (Lipinski definition) is 2. The molecule has 0 unspecified atom stereocenters. The summed E-state index contributed by atoms with van der Waals surface area (Å²) in [4.78, 5) is 52.5. The molecule has 0 aliphatic rings. The topological polar surface area (TPSA) is 144 Å². The molecule has 1 heterocycles. The minimum Gasteiger partial charge on any atom is -0.383 e. The van der Waals surface area contributed by atoms with Crippen LogP contribution in [-0.2, 0) is 6.54 Å². The van der Waals surface area contributed by atoms with E-state index in [1.165, 1.54) is 27.7 Å². The monoisotopic (exact) mass is 431 g/mol. The van der Waals surface area contributed by atoms with Crippen molar-refractivity contribution in [3.8, 4) is 0 Å². The average molecular weight is 431 g/mol. The first-order valence-corrected chi connectivity index (χ1v) is 10.3. The number of nitrogen functional groups attached to an aromatic ring is 1. The third kappa shape index (κ3) is 5.39. The Morgan fingerprint density at radius 2 is 2.00 bits per heavy atom. The third-order valence-electron chi connectivity index (χ3n) is 5.05. The normalized spacial score (nSPS) is 11.0. The van der Waals surface area contributed by atoms with Crippen molar-refractivity contribution in [2.45, 2.75) is 53.5 Å². The van der Waals surface area contributed by atoms with Gasteiger partial charge in [-0.25, -0.2) is 4.79 Å². The van der Waals surface area contributed by atoms with E-state index in [1.54, 1.807) is 6.92 Å². The minimum absolute atomic E-state index is 0.0613. The summed E-state index contributed by atoms with van der Waals surface area (Å²) in [7, 11) is 0. The van der Waals surface area contributed by atoms with Gasteiger partial charge < -0.3 is 10.6 Å². The maximum absolute atomic E-state index is 13.4. The number of nitro benzene ring substituents is 1. The zero-order valence-electron chi connectivity index (χ0n) is 18.3. The molecule has 0 saturated carbocycles. The van der Waals surface area contributed by atoms with Crippen molar-refractivity contribution < 1.29 is 9.72 Å². The Morgan fingerprint density at radius 1 is 1.32 bits per heavy atom. The van der Waals surface area contributed by atoms with Crippen LogP contribution in [0.2, 0.25) is 0 Å². The van der Waals surface area contributed by atoms with Crippen LogP contribution in [0.3, 0.4) is 0 Å². The van der Waals surface area contributed by atoms with Gasteiger partial charge in [0, 0.05) is 30.3 Å². The van der Waals surface area contributed by atoms with Gasteiger partial charge in [0.2, 0.25) is 0 Å². The van der Waals surface area contributed by atoms with Crippen molar-refractivity contribution in [1.82, 2.24) is 9.55 Å². The highest BCUT2D eigenvalue weighted by Crippen LogP contribution is 2.24. The number of nitrogens with one attached hydrogen (secondary N) is 1. The fourth-order valence-corrected chi connectivity index (χ4v) is 3.17. The van der Waals surface area contributed by atoms with Crippen LogP contribution in [0.5, 0.6) is 0 Å². The van der Waals surface area contributed by atoms with Gasteiger partial charge in [0.25, 0.3) is 17.2 Å². The summed E-state index contributed by atoms with van der Waals surface area (Å²) in [6.07, 6.45) is 2.04. The number of rotatable bonds is 9. The van der Waals surface area contributed by atoms with Gasteiger partial charge >= 0.3 is 5.69 Å². The van der Waals surface area contributed by atoms with E-state index >= 15 is 0 Å². The van der Waals surface area contributed by atoms with E-state index in [2.05, 4.69) is 4.98 Å². The predicted octanol–water partition coefficient (Wildman–Crippen LogP) is 2.83. The Bertz CT molecular complexity index is 1090. The minimum atomic E-state index is -0.769. The lowest BCUT2D eigenvalue weighted by molar-refractivity contribution is -0.385. The van der Waals surface area contributed by atoms with Crippen LogP contribution in [-0.4, -0.2) is 26.9 Å². The fourth-order valence-electron chi connectivity index (χ4n) is 3.17. The Morgan fingerprint density at radius 3 is 2.58 bits per heavy atom. The lowest BCUT2D eigenvalue weighted by Gasteiger charge is -2.25. The van der Waals surface area contributed by atoms with Crippen LogP contribution >= 0.6 is 0 Å². The molecule has 1 aromatic heterocycles. The van der Waals surface area contributed by atoms with E-state index in [4.69, 9.17) is 5.73 Å². The van der Waals surface area contributed by atoms with E-state index in [0.717, 1.165) is 6.42 Å². The summed E-state index contributed by atoms with van der Waals surface area (Å²) >= 11 is 0. The van der Waals surface area contributed by atoms with E-state index in [1.807, 2.05) is 20.8 Å². The molecule has 0 saturated heterocycles. The SMILES string of the molecule is CCCCn1c(N)c(N(CCC(C)C)C(=O)c2ccc(C)c([N+](=O)[O-])c2)c(=O)[nH]c1=O. The number of aromatic amines is 1. The molecule has 0 radical (unpaired) electrons. The van der Waals surface area contributed by atoms with E-state index in [-0.39, 0.29) is 35.2 Å². The Balaban J connectivity index is 2.64. The Labute approximate surface area is 179 Å². The standard InChI is InChI=1S/C21H29N5O5/c1-5-6-10-25-18(22)17(19(27)23-21(25)29)24(11-9-13(2)3)20(28)15-8-7-14(4)16(12-15)26(30)31/h7-8,12-13H,5-6,9-11,22H2,1-4H3,(H,23,27,29). The lowest BCUT2D eigenvalue weighted by atomic mass is 10.1. The summed E-state index contributed by atoms with van der Waals surface area (Å²) in [6, 6.07) is 4.16. The molecule has 0 atom stereocenters. The zero-order valence-corrected chi connectivity index (χ0v) is 18.3. The smallest absolute Gasteiger partial charge is 0.330 e. The van der Waals surface area contributed by atoms with Gasteiger partial charge in [0.05, 0.1) is 4.92 Å². The zero-order chi connectivity index (χ0) is 23.3. The second-order valence-corrected chi connectivity index (χ2v) is 7.90. The number of amides is 1. The highest BCUT2D eigenvalue weighted by atomic mass is 16.6. The molecule has 2 rings (SSSR count). The molecule has 1 aromatic carbocycles. The number of H-pyrrole nitrogens is 1. The molecule has 0 aliphatic carbocycles. The van der Waals surface area contributed by atoms with Crippen molar-refractivity contribution in [3.05, 3.63) is 60.3 Å². The largest absolute Gasteiger partial charge is 0.383 e. The molecule has 10 nitrogen and oxygen atoms in total. The van der Waals surface area contributed by atoms with Crippen LogP contribution in [0.4, 0.5) is 17.2 Å². The van der Waals surface area contributed by atoms with Gasteiger partial charge in [0.15, 0.2) is 5.69 Å². The van der Waals surface area contributed by atoms with E-state index < -0.39 is 22.1 Å². The highest BCUT2D eigenvalue weighted by molar-refractivity contribution is 6.07. The second kappa shape index (κ2) is 10.1. The van der Waals surface area contributed by atoms with Gasteiger partial charge in [-0.15, -0.1) is 0 Å². The first kappa shape index (κ1) is 23.8. The number of benzene rings is 1. The number of carbonyl (C=O) groups excluding carboxylic acids is 1. The van der Waals surface area contributed by atoms with Crippen molar-refractivity contribution in [1.29, 1.82) is 0 Å². The van der Waals surface area contributed by atoms with E-state index in [0.29, 0.717) is 24.9 Å². The first-order chi connectivity index (χ1) is 14.6.